The van der Waals surface area contributed by atoms with Gasteiger partial charge in [0.05, 0.1) is 11.9 Å². The van der Waals surface area contributed by atoms with Gasteiger partial charge in [0.25, 0.3) is 5.22 Å². The number of hydrogen-bond acceptors (Lipinski definition) is 6. The van der Waals surface area contributed by atoms with Gasteiger partial charge in [-0.15, -0.1) is 10.2 Å². The molecule has 2 aromatic rings. The highest BCUT2D eigenvalue weighted by molar-refractivity contribution is 8.00. The predicted octanol–water partition coefficient (Wildman–Crippen LogP) is 3.74. The van der Waals surface area contributed by atoms with Gasteiger partial charge in [-0.25, -0.2) is 0 Å². The normalized spacial score (nSPS) is 18.4. The van der Waals surface area contributed by atoms with Gasteiger partial charge in [-0.05, 0) is 44.0 Å². The van der Waals surface area contributed by atoms with Gasteiger partial charge >= 0.3 is 0 Å². The van der Waals surface area contributed by atoms with E-state index in [1.807, 2.05) is 31.2 Å². The van der Waals surface area contributed by atoms with Crippen LogP contribution in [0.3, 0.4) is 0 Å². The third-order valence-electron chi connectivity index (χ3n) is 3.56. The Bertz CT molecular complexity index is 639. The number of aromatic nitrogens is 2. The van der Waals surface area contributed by atoms with Gasteiger partial charge < -0.3 is 9.15 Å². The van der Waals surface area contributed by atoms with Crippen molar-refractivity contribution in [1.82, 2.24) is 10.2 Å². The number of Topliss-reactive ketones (excluding diaryl/α,β-unsaturated/α-hetero) is 1. The lowest BCUT2D eigenvalue weighted by molar-refractivity contribution is -0.119. The Morgan fingerprint density at radius 3 is 2.82 bits per heavy atom. The fraction of sp³-hybridized carbons (Fsp3) is 0.438. The van der Waals surface area contributed by atoms with E-state index in [1.165, 1.54) is 11.8 Å². The van der Waals surface area contributed by atoms with Crippen LogP contribution in [0.1, 0.15) is 32.6 Å². The molecule has 0 amide bonds. The average Bonchev–Trinajstić information content (AvgIpc) is 2.99. The van der Waals surface area contributed by atoms with E-state index in [2.05, 4.69) is 10.2 Å². The Kier molecular flexibility index (Phi) is 4.77. The Hall–Kier alpha value is -1.82. The molecule has 116 valence electrons. The first-order valence-electron chi connectivity index (χ1n) is 7.52. The van der Waals surface area contributed by atoms with Crippen molar-refractivity contribution in [1.29, 1.82) is 0 Å². The number of carbonyl (C=O) groups is 1. The molecule has 0 spiro atoms. The van der Waals surface area contributed by atoms with E-state index in [1.54, 1.807) is 0 Å². The number of thioether (sulfide) groups is 1. The highest BCUT2D eigenvalue weighted by atomic mass is 32.2. The first-order valence-corrected chi connectivity index (χ1v) is 8.40. The molecule has 1 aromatic carbocycles. The Balaban J connectivity index is 1.69. The molecule has 0 aliphatic heterocycles. The van der Waals surface area contributed by atoms with Gasteiger partial charge in [0.2, 0.25) is 5.89 Å². The highest BCUT2D eigenvalue weighted by Crippen LogP contribution is 2.32. The molecule has 0 bridgehead atoms. The summed E-state index contributed by atoms with van der Waals surface area (Å²) < 4.78 is 11.1. The fourth-order valence-electron chi connectivity index (χ4n) is 2.43. The first-order chi connectivity index (χ1) is 10.8. The standard InChI is InChI=1S/C16H18N2O3S/c1-2-20-12-9-7-11(8-10-12)15-17-18-16(21-15)22-14-6-4-3-5-13(14)19/h7-10,14H,2-6H2,1H3. The minimum atomic E-state index is -0.0395. The quantitative estimate of drug-likeness (QED) is 0.836. The summed E-state index contributed by atoms with van der Waals surface area (Å²) in [6, 6.07) is 7.53. The van der Waals surface area contributed by atoms with Crippen molar-refractivity contribution in [3.05, 3.63) is 24.3 Å². The second-order valence-corrected chi connectivity index (χ2v) is 6.30. The molecule has 1 unspecified atom stereocenters. The van der Waals surface area contributed by atoms with E-state index in [-0.39, 0.29) is 11.0 Å². The number of hydrogen-bond donors (Lipinski definition) is 0. The molecule has 5 nitrogen and oxygen atoms in total. The molecule has 0 saturated heterocycles. The molecule has 1 aromatic heterocycles. The van der Waals surface area contributed by atoms with Crippen LogP contribution in [0.25, 0.3) is 11.5 Å². The third kappa shape index (κ3) is 3.50. The van der Waals surface area contributed by atoms with Gasteiger partial charge in [0.15, 0.2) is 0 Å². The van der Waals surface area contributed by atoms with E-state index >= 15 is 0 Å². The molecule has 3 rings (SSSR count). The van der Waals surface area contributed by atoms with E-state index < -0.39 is 0 Å². The monoisotopic (exact) mass is 318 g/mol. The fourth-order valence-corrected chi connectivity index (χ4v) is 3.42. The van der Waals surface area contributed by atoms with Gasteiger partial charge in [0.1, 0.15) is 11.5 Å². The van der Waals surface area contributed by atoms with E-state index in [0.29, 0.717) is 24.1 Å². The largest absolute Gasteiger partial charge is 0.494 e. The van der Waals surface area contributed by atoms with Crippen LogP contribution in [0.4, 0.5) is 0 Å². The maximum absolute atomic E-state index is 11.8. The summed E-state index contributed by atoms with van der Waals surface area (Å²) in [5.74, 6) is 1.57. The lowest BCUT2D eigenvalue weighted by Gasteiger charge is -2.17. The number of ether oxygens (including phenoxy) is 1. The first kappa shape index (κ1) is 15.1. The average molecular weight is 318 g/mol. The van der Waals surface area contributed by atoms with Crippen molar-refractivity contribution in [2.45, 2.75) is 43.1 Å². The molecule has 0 radical (unpaired) electrons. The molecule has 1 aliphatic carbocycles. The minimum absolute atomic E-state index is 0.0395. The lowest BCUT2D eigenvalue weighted by atomic mass is 9.99. The Labute approximate surface area is 133 Å². The summed E-state index contributed by atoms with van der Waals surface area (Å²) in [7, 11) is 0. The maximum Gasteiger partial charge on any atom is 0.277 e. The second-order valence-electron chi connectivity index (χ2n) is 5.15. The molecule has 1 heterocycles. The van der Waals surface area contributed by atoms with Crippen LogP contribution in [0.5, 0.6) is 5.75 Å². The van der Waals surface area contributed by atoms with Crippen LogP contribution in [0, 0.1) is 0 Å². The van der Waals surface area contributed by atoms with E-state index in [0.717, 1.165) is 30.6 Å². The van der Waals surface area contributed by atoms with E-state index in [9.17, 15) is 4.79 Å². The number of benzene rings is 1. The Morgan fingerprint density at radius 1 is 1.27 bits per heavy atom. The predicted molar refractivity (Wildman–Crippen MR) is 84.0 cm³/mol. The third-order valence-corrected chi connectivity index (χ3v) is 4.71. The molecule has 1 fully saturated rings. The highest BCUT2D eigenvalue weighted by Gasteiger charge is 2.25. The van der Waals surface area contributed by atoms with Crippen molar-refractivity contribution in [2.75, 3.05) is 6.61 Å². The van der Waals surface area contributed by atoms with E-state index in [4.69, 9.17) is 9.15 Å². The molecule has 1 saturated carbocycles. The van der Waals surface area contributed by atoms with Crippen LogP contribution in [0.15, 0.2) is 33.9 Å². The van der Waals surface area contributed by atoms with Gasteiger partial charge in [-0.2, -0.15) is 0 Å². The Morgan fingerprint density at radius 2 is 2.09 bits per heavy atom. The summed E-state index contributed by atoms with van der Waals surface area (Å²) in [6.07, 6.45) is 3.64. The maximum atomic E-state index is 11.8. The smallest absolute Gasteiger partial charge is 0.277 e. The second kappa shape index (κ2) is 6.96. The van der Waals surface area contributed by atoms with Gasteiger partial charge in [0, 0.05) is 12.0 Å². The molecule has 0 N–H and O–H groups in total. The molecule has 1 atom stereocenters. The summed E-state index contributed by atoms with van der Waals surface area (Å²) in [5, 5.41) is 8.53. The summed E-state index contributed by atoms with van der Waals surface area (Å²) in [4.78, 5) is 11.8. The van der Waals surface area contributed by atoms with Crippen LogP contribution in [-0.2, 0) is 4.79 Å². The van der Waals surface area contributed by atoms with Crippen molar-refractivity contribution in [3.63, 3.8) is 0 Å². The summed E-state index contributed by atoms with van der Waals surface area (Å²) in [6.45, 7) is 2.58. The van der Waals surface area contributed by atoms with Crippen LogP contribution < -0.4 is 4.74 Å². The zero-order valence-corrected chi connectivity index (χ0v) is 13.3. The molecule has 22 heavy (non-hydrogen) atoms. The van der Waals surface area contributed by atoms with Gasteiger partial charge in [-0.3, -0.25) is 4.79 Å². The SMILES string of the molecule is CCOc1ccc(-c2nnc(SC3CCCCC3=O)o2)cc1. The minimum Gasteiger partial charge on any atom is -0.494 e. The van der Waals surface area contributed by atoms with Crippen molar-refractivity contribution in [2.24, 2.45) is 0 Å². The van der Waals surface area contributed by atoms with Crippen molar-refractivity contribution >= 4 is 17.5 Å². The topological polar surface area (TPSA) is 65.2 Å². The summed E-state index contributed by atoms with van der Waals surface area (Å²) >= 11 is 1.38. The van der Waals surface area contributed by atoms with Crippen LogP contribution >= 0.6 is 11.8 Å². The zero-order chi connectivity index (χ0) is 15.4. The molecule has 1 aliphatic rings. The van der Waals surface area contributed by atoms with Crippen molar-refractivity contribution in [3.8, 4) is 17.2 Å². The molecular weight excluding hydrogens is 300 g/mol. The number of nitrogens with zero attached hydrogens (tertiary/aromatic N) is 2. The number of rotatable bonds is 5. The molecule has 6 heteroatoms. The lowest BCUT2D eigenvalue weighted by Crippen LogP contribution is -2.21. The number of ketones is 1. The van der Waals surface area contributed by atoms with Crippen LogP contribution in [-0.4, -0.2) is 27.8 Å². The van der Waals surface area contributed by atoms with Crippen molar-refractivity contribution < 1.29 is 13.9 Å². The molecular formula is C16H18N2O3S. The summed E-state index contributed by atoms with van der Waals surface area (Å²) in [5.41, 5.74) is 0.845. The van der Waals surface area contributed by atoms with Crippen LogP contribution in [0.2, 0.25) is 0 Å². The van der Waals surface area contributed by atoms with Gasteiger partial charge in [-0.1, -0.05) is 18.2 Å². The zero-order valence-electron chi connectivity index (χ0n) is 12.4. The number of carbonyl (C=O) groups excluding carboxylic acids is 1.